The Labute approximate surface area is 200 Å². The Kier molecular flexibility index (Phi) is 5.38. The monoisotopic (exact) mass is 477 g/mol. The van der Waals surface area contributed by atoms with Crippen LogP contribution in [0.3, 0.4) is 0 Å². The molecule has 1 fully saturated rings. The molecule has 2 heterocycles. The highest BCUT2D eigenvalue weighted by molar-refractivity contribution is 8.02. The third kappa shape index (κ3) is 3.57. The third-order valence-electron chi connectivity index (χ3n) is 5.73. The van der Waals surface area contributed by atoms with Crippen LogP contribution in [0.5, 0.6) is 0 Å². The zero-order chi connectivity index (χ0) is 23.2. The average molecular weight is 478 g/mol. The van der Waals surface area contributed by atoms with Crippen molar-refractivity contribution < 1.29 is 14.4 Å². The van der Waals surface area contributed by atoms with Gasteiger partial charge in [0.05, 0.1) is 11.4 Å². The second kappa shape index (κ2) is 8.24. The van der Waals surface area contributed by atoms with Crippen LogP contribution in [0.4, 0.5) is 17.1 Å². The molecule has 33 heavy (non-hydrogen) atoms. The zero-order valence-corrected chi connectivity index (χ0v) is 19.3. The van der Waals surface area contributed by atoms with Crippen LogP contribution in [0.1, 0.15) is 11.1 Å². The number of carbonyl (C=O) groups is 3. The number of benzene rings is 3. The number of rotatable bonds is 4. The maximum absolute atomic E-state index is 13.9. The number of anilines is 3. The van der Waals surface area contributed by atoms with E-state index in [0.29, 0.717) is 27.6 Å². The fourth-order valence-corrected chi connectivity index (χ4v) is 5.94. The zero-order valence-electron chi connectivity index (χ0n) is 17.7. The van der Waals surface area contributed by atoms with Gasteiger partial charge in [0.1, 0.15) is 6.54 Å². The minimum Gasteiger partial charge on any atom is -0.325 e. The van der Waals surface area contributed by atoms with Crippen LogP contribution in [0.25, 0.3) is 0 Å². The van der Waals surface area contributed by atoms with E-state index in [1.54, 1.807) is 36.4 Å². The molecule has 6 nitrogen and oxygen atoms in total. The number of nitrogens with zero attached hydrogens (tertiary/aromatic N) is 2. The Bertz CT molecular complexity index is 1300. The third-order valence-corrected chi connectivity index (χ3v) is 7.36. The minimum absolute atomic E-state index is 0.149. The molecule has 2 aliphatic rings. The van der Waals surface area contributed by atoms with Crippen molar-refractivity contribution in [3.63, 3.8) is 0 Å². The summed E-state index contributed by atoms with van der Waals surface area (Å²) in [6, 6.07) is 21.7. The van der Waals surface area contributed by atoms with Gasteiger partial charge in [0.2, 0.25) is 16.7 Å². The topological polar surface area (TPSA) is 69.7 Å². The van der Waals surface area contributed by atoms with Gasteiger partial charge < -0.3 is 5.32 Å². The van der Waals surface area contributed by atoms with E-state index < -0.39 is 4.87 Å². The molecular weight excluding hydrogens is 458 g/mol. The van der Waals surface area contributed by atoms with E-state index >= 15 is 0 Å². The smallest absolute Gasteiger partial charge is 0.269 e. The summed E-state index contributed by atoms with van der Waals surface area (Å²) >= 11 is 7.46. The first-order valence-electron chi connectivity index (χ1n) is 10.4. The van der Waals surface area contributed by atoms with Crippen molar-refractivity contribution in [2.45, 2.75) is 11.8 Å². The number of aryl methyl sites for hydroxylation is 1. The summed E-state index contributed by atoms with van der Waals surface area (Å²) in [4.78, 5) is 41.5. The summed E-state index contributed by atoms with van der Waals surface area (Å²) in [7, 11) is 0. The highest BCUT2D eigenvalue weighted by Gasteiger charge is 2.61. The molecule has 3 aromatic rings. The van der Waals surface area contributed by atoms with E-state index in [9.17, 15) is 14.4 Å². The molecule has 0 radical (unpaired) electrons. The molecule has 2 aliphatic heterocycles. The standard InChI is InChI=1S/C25H20ClN3O3S/c1-16-6-4-8-18(12-16)27-22(30)14-28-21-11-3-2-10-20(21)25(24(28)32)29(23(31)15-33-25)19-9-5-7-17(26)13-19/h2-13H,14-15H2,1H3,(H,27,30). The SMILES string of the molecule is Cc1cccc(NC(=O)CN2C(=O)C3(SCC(=O)N3c3cccc(Cl)c3)c3ccccc32)c1. The molecule has 5 rings (SSSR count). The van der Waals surface area contributed by atoms with Crippen molar-refractivity contribution in [2.24, 2.45) is 0 Å². The van der Waals surface area contributed by atoms with Gasteiger partial charge in [0.15, 0.2) is 0 Å². The number of halogens is 1. The molecule has 0 saturated carbocycles. The number of amides is 3. The number of hydrogen-bond acceptors (Lipinski definition) is 4. The maximum Gasteiger partial charge on any atom is 0.269 e. The normalized spacial score (nSPS) is 19.3. The molecule has 3 amide bonds. The van der Waals surface area contributed by atoms with Gasteiger partial charge in [0.25, 0.3) is 5.91 Å². The van der Waals surface area contributed by atoms with Crippen molar-refractivity contribution >= 4 is 58.1 Å². The number of nitrogens with one attached hydrogen (secondary N) is 1. The van der Waals surface area contributed by atoms with Gasteiger partial charge >= 0.3 is 0 Å². The van der Waals surface area contributed by atoms with Crippen molar-refractivity contribution in [1.82, 2.24) is 0 Å². The largest absolute Gasteiger partial charge is 0.325 e. The van der Waals surface area contributed by atoms with Crippen LogP contribution in [0.15, 0.2) is 72.8 Å². The Balaban J connectivity index is 1.52. The first-order chi connectivity index (χ1) is 15.9. The Morgan fingerprint density at radius 2 is 1.85 bits per heavy atom. The van der Waals surface area contributed by atoms with Crippen LogP contribution < -0.4 is 15.1 Å². The second-order valence-corrected chi connectivity index (χ2v) is 9.57. The molecule has 0 aromatic heterocycles. The molecule has 166 valence electrons. The van der Waals surface area contributed by atoms with Crippen LogP contribution >= 0.6 is 23.4 Å². The van der Waals surface area contributed by atoms with E-state index in [-0.39, 0.29) is 30.0 Å². The van der Waals surface area contributed by atoms with Gasteiger partial charge in [-0.25, -0.2) is 0 Å². The van der Waals surface area contributed by atoms with Gasteiger partial charge in [0, 0.05) is 22.0 Å². The molecule has 1 saturated heterocycles. The van der Waals surface area contributed by atoms with Crippen molar-refractivity contribution in [1.29, 1.82) is 0 Å². The highest BCUT2D eigenvalue weighted by atomic mass is 35.5. The van der Waals surface area contributed by atoms with Gasteiger partial charge in [-0.15, -0.1) is 11.8 Å². The molecule has 1 unspecified atom stereocenters. The lowest BCUT2D eigenvalue weighted by atomic mass is 10.0. The van der Waals surface area contributed by atoms with Crippen LogP contribution in [0, 0.1) is 6.92 Å². The lowest BCUT2D eigenvalue weighted by Gasteiger charge is -2.33. The fraction of sp³-hybridized carbons (Fsp3) is 0.160. The molecule has 0 bridgehead atoms. The van der Waals surface area contributed by atoms with E-state index in [2.05, 4.69) is 5.32 Å². The van der Waals surface area contributed by atoms with Crippen LogP contribution in [-0.4, -0.2) is 30.0 Å². The highest BCUT2D eigenvalue weighted by Crippen LogP contribution is 2.55. The lowest BCUT2D eigenvalue weighted by Crippen LogP contribution is -2.50. The van der Waals surface area contributed by atoms with Crippen molar-refractivity contribution in [2.75, 3.05) is 27.4 Å². The first-order valence-corrected chi connectivity index (χ1v) is 11.8. The summed E-state index contributed by atoms with van der Waals surface area (Å²) in [6.45, 7) is 1.78. The van der Waals surface area contributed by atoms with E-state index in [0.717, 1.165) is 5.56 Å². The molecule has 0 aliphatic carbocycles. The fourth-order valence-electron chi connectivity index (χ4n) is 4.39. The molecule has 8 heteroatoms. The van der Waals surface area contributed by atoms with Crippen molar-refractivity contribution in [3.8, 4) is 0 Å². The van der Waals surface area contributed by atoms with Gasteiger partial charge in [-0.1, -0.05) is 48.0 Å². The summed E-state index contributed by atoms with van der Waals surface area (Å²) in [6.07, 6.45) is 0. The van der Waals surface area contributed by atoms with Gasteiger partial charge in [-0.3, -0.25) is 24.2 Å². The number of hydrogen-bond donors (Lipinski definition) is 1. The second-order valence-electron chi connectivity index (χ2n) is 7.97. The number of thioether (sulfide) groups is 1. The molecule has 3 aromatic carbocycles. The van der Waals surface area contributed by atoms with Gasteiger partial charge in [-0.05, 0) is 48.9 Å². The predicted molar refractivity (Wildman–Crippen MR) is 132 cm³/mol. The Hall–Kier alpha value is -3.29. The minimum atomic E-state index is -1.28. The maximum atomic E-state index is 13.9. The van der Waals surface area contributed by atoms with Crippen LogP contribution in [-0.2, 0) is 19.3 Å². The summed E-state index contributed by atoms with van der Waals surface area (Å²) < 4.78 is 0. The Morgan fingerprint density at radius 3 is 2.64 bits per heavy atom. The molecular formula is C25H20ClN3O3S. The van der Waals surface area contributed by atoms with E-state index in [4.69, 9.17) is 11.6 Å². The van der Waals surface area contributed by atoms with Crippen molar-refractivity contribution in [3.05, 3.63) is 88.9 Å². The number of carbonyl (C=O) groups excluding carboxylic acids is 3. The molecule has 1 spiro atoms. The summed E-state index contributed by atoms with van der Waals surface area (Å²) in [5.41, 5.74) is 3.55. The average Bonchev–Trinajstić information content (AvgIpc) is 3.25. The number of fused-ring (bicyclic) bond motifs is 2. The molecule has 1 atom stereocenters. The summed E-state index contributed by atoms with van der Waals surface area (Å²) in [5, 5.41) is 3.33. The predicted octanol–water partition coefficient (Wildman–Crippen LogP) is 4.57. The van der Waals surface area contributed by atoms with Crippen LogP contribution in [0.2, 0.25) is 5.02 Å². The lowest BCUT2D eigenvalue weighted by molar-refractivity contribution is -0.124. The van der Waals surface area contributed by atoms with E-state index in [1.165, 1.54) is 21.6 Å². The van der Waals surface area contributed by atoms with Gasteiger partial charge in [-0.2, -0.15) is 0 Å². The quantitative estimate of drug-likeness (QED) is 0.597. The number of para-hydroxylation sites is 1. The Morgan fingerprint density at radius 1 is 1.06 bits per heavy atom. The first kappa shape index (κ1) is 21.6. The molecule has 1 N–H and O–H groups in total. The van der Waals surface area contributed by atoms with E-state index in [1.807, 2.05) is 43.3 Å². The summed E-state index contributed by atoms with van der Waals surface area (Å²) in [5.74, 6) is -0.671.